The molecule has 0 atom stereocenters. The van der Waals surface area contributed by atoms with Gasteiger partial charge >= 0.3 is 0 Å². The van der Waals surface area contributed by atoms with Gasteiger partial charge in [-0.25, -0.2) is 0 Å². The molecule has 0 N–H and O–H groups in total. The number of rotatable bonds is 2. The molecule has 3 aromatic rings. The topological polar surface area (TPSA) is 22.0 Å². The van der Waals surface area contributed by atoms with Crippen LogP contribution in [-0.4, -0.2) is 18.5 Å². The molecule has 2 aromatic carbocycles. The number of para-hydroxylation sites is 1. The lowest BCUT2D eigenvalue weighted by Gasteiger charge is -2.19. The minimum atomic E-state index is -1.61. The van der Waals surface area contributed by atoms with E-state index in [4.69, 9.17) is 0 Å². The van der Waals surface area contributed by atoms with Gasteiger partial charge in [-0.1, -0.05) is 56.0 Å². The van der Waals surface area contributed by atoms with E-state index in [2.05, 4.69) is 31.8 Å². The van der Waals surface area contributed by atoms with Crippen LogP contribution in [0.5, 0.6) is 0 Å². The van der Waals surface area contributed by atoms with Gasteiger partial charge in [-0.3, -0.25) is 9.36 Å². The maximum Gasteiger partial charge on any atom is 0.262 e. The van der Waals surface area contributed by atoms with Crippen molar-refractivity contribution in [2.75, 3.05) is 0 Å². The molecule has 0 radical (unpaired) electrons. The Hall–Kier alpha value is -2.13. The second-order valence-electron chi connectivity index (χ2n) is 6.34. The molecule has 3 rings (SSSR count). The van der Waals surface area contributed by atoms with Gasteiger partial charge in [0.05, 0.1) is 13.6 Å². The highest BCUT2D eigenvalue weighted by atomic mass is 28.3. The Labute approximate surface area is 126 Å². The summed E-state index contributed by atoms with van der Waals surface area (Å²) in [6, 6.07) is 19.8. The molecule has 0 saturated heterocycles. The molecule has 0 aliphatic carbocycles. The minimum Gasteiger partial charge on any atom is -0.284 e. The summed E-state index contributed by atoms with van der Waals surface area (Å²) < 4.78 is 1.91. The Kier molecular flexibility index (Phi) is 3.30. The first-order valence-corrected chi connectivity index (χ1v) is 10.7. The summed E-state index contributed by atoms with van der Waals surface area (Å²) in [5, 5.41) is 2.32. The SMILES string of the molecule is C[Si](C)(C)c1cc2ccccc2n1C(=O)c1ccccc1. The largest absolute Gasteiger partial charge is 0.284 e. The van der Waals surface area contributed by atoms with Crippen LogP contribution in [0.1, 0.15) is 10.4 Å². The molecule has 1 heterocycles. The van der Waals surface area contributed by atoms with Crippen molar-refractivity contribution in [1.82, 2.24) is 4.57 Å². The molecular formula is C18H19NOSi. The van der Waals surface area contributed by atoms with Crippen molar-refractivity contribution in [3.05, 3.63) is 66.2 Å². The first kappa shape index (κ1) is 13.8. The number of nitrogens with zero attached hydrogens (tertiary/aromatic N) is 1. The van der Waals surface area contributed by atoms with Crippen molar-refractivity contribution in [3.63, 3.8) is 0 Å². The normalized spacial score (nSPS) is 11.8. The third-order valence-electron chi connectivity index (χ3n) is 3.70. The standard InChI is InChI=1S/C18H19NOSi/c1-21(2,3)17-13-15-11-7-8-12-16(15)19(17)18(20)14-9-5-4-6-10-14/h4-13H,1-3H3. The summed E-state index contributed by atoms with van der Waals surface area (Å²) in [5.41, 5.74) is 1.74. The zero-order chi connectivity index (χ0) is 15.0. The molecular weight excluding hydrogens is 274 g/mol. The molecule has 2 nitrogen and oxygen atoms in total. The Balaban J connectivity index is 2.28. The Morgan fingerprint density at radius 2 is 1.52 bits per heavy atom. The maximum atomic E-state index is 13.0. The van der Waals surface area contributed by atoms with Gasteiger partial charge < -0.3 is 0 Å². The number of aromatic nitrogens is 1. The summed E-state index contributed by atoms with van der Waals surface area (Å²) in [5.74, 6) is 0.0641. The number of fused-ring (bicyclic) bond motifs is 1. The fourth-order valence-corrected chi connectivity index (χ4v) is 4.12. The van der Waals surface area contributed by atoms with E-state index in [1.54, 1.807) is 0 Å². The lowest BCUT2D eigenvalue weighted by molar-refractivity contribution is 0.0968. The Bertz CT molecular complexity index is 797. The quantitative estimate of drug-likeness (QED) is 0.657. The van der Waals surface area contributed by atoms with E-state index in [0.29, 0.717) is 0 Å². The number of carbonyl (C=O) groups is 1. The van der Waals surface area contributed by atoms with Crippen LogP contribution in [0, 0.1) is 0 Å². The molecule has 0 aliphatic rings. The average molecular weight is 293 g/mol. The van der Waals surface area contributed by atoms with E-state index in [-0.39, 0.29) is 5.91 Å². The fraction of sp³-hybridized carbons (Fsp3) is 0.167. The van der Waals surface area contributed by atoms with E-state index in [1.165, 1.54) is 5.32 Å². The fourth-order valence-electron chi connectivity index (χ4n) is 2.64. The van der Waals surface area contributed by atoms with Gasteiger partial charge in [0.15, 0.2) is 0 Å². The van der Waals surface area contributed by atoms with Gasteiger partial charge in [-0.15, -0.1) is 0 Å². The predicted octanol–water partition coefficient (Wildman–Crippen LogP) is 3.88. The van der Waals surface area contributed by atoms with Crippen LogP contribution in [0.15, 0.2) is 60.7 Å². The Morgan fingerprint density at radius 1 is 0.905 bits per heavy atom. The summed E-state index contributed by atoms with van der Waals surface area (Å²) in [7, 11) is -1.61. The van der Waals surface area contributed by atoms with E-state index < -0.39 is 8.07 Å². The summed E-state index contributed by atoms with van der Waals surface area (Å²) >= 11 is 0. The highest BCUT2D eigenvalue weighted by Gasteiger charge is 2.26. The second-order valence-corrected chi connectivity index (χ2v) is 11.4. The molecule has 0 saturated carbocycles. The molecule has 0 fully saturated rings. The summed E-state index contributed by atoms with van der Waals surface area (Å²) in [6.07, 6.45) is 0. The van der Waals surface area contributed by atoms with E-state index >= 15 is 0 Å². The average Bonchev–Trinajstić information content (AvgIpc) is 2.87. The molecule has 0 bridgehead atoms. The third-order valence-corrected chi connectivity index (χ3v) is 5.61. The van der Waals surface area contributed by atoms with Gasteiger partial charge in [0.1, 0.15) is 0 Å². The molecule has 0 spiro atoms. The summed E-state index contributed by atoms with van der Waals surface area (Å²) in [4.78, 5) is 13.0. The van der Waals surface area contributed by atoms with Crippen molar-refractivity contribution in [2.45, 2.75) is 19.6 Å². The van der Waals surface area contributed by atoms with E-state index in [1.807, 2.05) is 53.1 Å². The van der Waals surface area contributed by atoms with Gasteiger partial charge in [0.25, 0.3) is 5.91 Å². The predicted molar refractivity (Wildman–Crippen MR) is 91.1 cm³/mol. The lowest BCUT2D eigenvalue weighted by atomic mass is 10.2. The maximum absolute atomic E-state index is 13.0. The van der Waals surface area contributed by atoms with Crippen molar-refractivity contribution in [3.8, 4) is 0 Å². The lowest BCUT2D eigenvalue weighted by Crippen LogP contribution is -2.44. The van der Waals surface area contributed by atoms with Gasteiger partial charge in [-0.2, -0.15) is 0 Å². The van der Waals surface area contributed by atoms with Crippen LogP contribution in [0.3, 0.4) is 0 Å². The van der Waals surface area contributed by atoms with Crippen LogP contribution < -0.4 is 5.32 Å². The van der Waals surface area contributed by atoms with E-state index in [9.17, 15) is 4.79 Å². The minimum absolute atomic E-state index is 0.0641. The zero-order valence-corrected chi connectivity index (χ0v) is 13.6. The van der Waals surface area contributed by atoms with Crippen LogP contribution in [-0.2, 0) is 0 Å². The first-order chi connectivity index (χ1) is 9.98. The highest BCUT2D eigenvalue weighted by molar-refractivity contribution is 6.88. The molecule has 1 aromatic heterocycles. The number of hydrogen-bond donors (Lipinski definition) is 0. The monoisotopic (exact) mass is 293 g/mol. The van der Waals surface area contributed by atoms with E-state index in [0.717, 1.165) is 16.5 Å². The molecule has 106 valence electrons. The molecule has 21 heavy (non-hydrogen) atoms. The van der Waals surface area contributed by atoms with Gasteiger partial charge in [0, 0.05) is 10.9 Å². The first-order valence-electron chi connectivity index (χ1n) is 7.19. The molecule has 0 amide bonds. The van der Waals surface area contributed by atoms with Crippen LogP contribution >= 0.6 is 0 Å². The highest BCUT2D eigenvalue weighted by Crippen LogP contribution is 2.19. The number of carbonyl (C=O) groups excluding carboxylic acids is 1. The van der Waals surface area contributed by atoms with Gasteiger partial charge in [-0.05, 0) is 29.7 Å². The smallest absolute Gasteiger partial charge is 0.262 e. The van der Waals surface area contributed by atoms with Crippen LogP contribution in [0.4, 0.5) is 0 Å². The second kappa shape index (κ2) is 5.01. The number of hydrogen-bond acceptors (Lipinski definition) is 1. The van der Waals surface area contributed by atoms with Crippen LogP contribution in [0.2, 0.25) is 19.6 Å². The zero-order valence-electron chi connectivity index (χ0n) is 12.6. The van der Waals surface area contributed by atoms with Crippen molar-refractivity contribution in [2.24, 2.45) is 0 Å². The van der Waals surface area contributed by atoms with Gasteiger partial charge in [0.2, 0.25) is 0 Å². The van der Waals surface area contributed by atoms with Crippen molar-refractivity contribution >= 4 is 30.2 Å². The third kappa shape index (κ3) is 2.45. The Morgan fingerprint density at radius 3 is 2.19 bits per heavy atom. The molecule has 0 aliphatic heterocycles. The molecule has 3 heteroatoms. The summed E-state index contributed by atoms with van der Waals surface area (Å²) in [6.45, 7) is 6.82. The van der Waals surface area contributed by atoms with Crippen molar-refractivity contribution < 1.29 is 4.79 Å². The molecule has 0 unspecified atom stereocenters. The van der Waals surface area contributed by atoms with Crippen LogP contribution in [0.25, 0.3) is 10.9 Å². The number of benzene rings is 2. The van der Waals surface area contributed by atoms with Crippen molar-refractivity contribution in [1.29, 1.82) is 0 Å².